The average Bonchev–Trinajstić information content (AvgIpc) is 2.95. The van der Waals surface area contributed by atoms with Gasteiger partial charge in [-0.25, -0.2) is 0 Å². The summed E-state index contributed by atoms with van der Waals surface area (Å²) in [6.07, 6.45) is 0.713. The van der Waals surface area contributed by atoms with Gasteiger partial charge in [0, 0.05) is 17.0 Å². The average molecular weight is 320 g/mol. The van der Waals surface area contributed by atoms with Crippen molar-refractivity contribution in [3.8, 4) is 11.8 Å². The molecule has 2 aromatic rings. The van der Waals surface area contributed by atoms with Crippen molar-refractivity contribution >= 4 is 34.5 Å². The largest absolute Gasteiger partial charge is 0.395 e. The lowest BCUT2D eigenvalue weighted by molar-refractivity contribution is -0.115. The van der Waals surface area contributed by atoms with Crippen LogP contribution >= 0.6 is 22.9 Å². The molecule has 0 saturated heterocycles. The number of anilines is 1. The maximum atomic E-state index is 12.0. The lowest BCUT2D eigenvalue weighted by atomic mass is 10.1. The highest BCUT2D eigenvalue weighted by molar-refractivity contribution is 7.08. The van der Waals surface area contributed by atoms with E-state index in [1.54, 1.807) is 29.5 Å². The van der Waals surface area contributed by atoms with Gasteiger partial charge in [0.2, 0.25) is 5.91 Å². The molecular weight excluding hydrogens is 306 g/mol. The molecule has 0 fully saturated rings. The second kappa shape index (κ2) is 7.84. The summed E-state index contributed by atoms with van der Waals surface area (Å²) < 4.78 is 0. The maximum absolute atomic E-state index is 12.0. The highest BCUT2D eigenvalue weighted by atomic mass is 35.5. The molecule has 0 radical (unpaired) electrons. The highest BCUT2D eigenvalue weighted by Gasteiger charge is 2.07. The molecular formula is C16H14ClNO2S. The Hall–Kier alpha value is -1.80. The summed E-state index contributed by atoms with van der Waals surface area (Å²) in [6.45, 7) is 0.00736. The summed E-state index contributed by atoms with van der Waals surface area (Å²) in [6, 6.07) is 7.07. The summed E-state index contributed by atoms with van der Waals surface area (Å²) in [5, 5.41) is 16.0. The fourth-order valence-corrected chi connectivity index (χ4v) is 2.56. The number of amides is 1. The van der Waals surface area contributed by atoms with E-state index in [0.29, 0.717) is 29.1 Å². The van der Waals surface area contributed by atoms with Crippen LogP contribution in [0.4, 0.5) is 5.69 Å². The first-order valence-corrected chi connectivity index (χ1v) is 7.71. The van der Waals surface area contributed by atoms with Gasteiger partial charge in [-0.05, 0) is 40.6 Å². The van der Waals surface area contributed by atoms with E-state index in [9.17, 15) is 4.79 Å². The van der Waals surface area contributed by atoms with Gasteiger partial charge in [-0.15, -0.1) is 0 Å². The number of nitrogens with one attached hydrogen (secondary N) is 1. The van der Waals surface area contributed by atoms with Gasteiger partial charge in [0.05, 0.1) is 18.7 Å². The zero-order chi connectivity index (χ0) is 15.1. The van der Waals surface area contributed by atoms with Crippen LogP contribution in [0.2, 0.25) is 5.02 Å². The first-order chi connectivity index (χ1) is 10.2. The van der Waals surface area contributed by atoms with E-state index in [1.165, 1.54) is 0 Å². The maximum Gasteiger partial charge on any atom is 0.228 e. The Morgan fingerprint density at radius 2 is 2.24 bits per heavy atom. The fraction of sp³-hybridized carbons (Fsp3) is 0.188. The quantitative estimate of drug-likeness (QED) is 0.849. The highest BCUT2D eigenvalue weighted by Crippen LogP contribution is 2.20. The molecule has 0 aliphatic rings. The number of hydrogen-bond acceptors (Lipinski definition) is 3. The molecule has 2 rings (SSSR count). The van der Waals surface area contributed by atoms with Crippen LogP contribution in [0.5, 0.6) is 0 Å². The Balaban J connectivity index is 2.12. The zero-order valence-corrected chi connectivity index (χ0v) is 12.8. The smallest absolute Gasteiger partial charge is 0.228 e. The Morgan fingerprint density at radius 1 is 1.38 bits per heavy atom. The predicted octanol–water partition coefficient (Wildman–Crippen LogP) is 3.32. The first kappa shape index (κ1) is 15.6. The minimum Gasteiger partial charge on any atom is -0.395 e. The predicted molar refractivity (Wildman–Crippen MR) is 86.7 cm³/mol. The first-order valence-electron chi connectivity index (χ1n) is 6.39. The molecule has 1 aromatic carbocycles. The number of hydrogen-bond donors (Lipinski definition) is 2. The molecule has 0 saturated carbocycles. The summed E-state index contributed by atoms with van der Waals surface area (Å²) >= 11 is 7.52. The third-order valence-corrected chi connectivity index (χ3v) is 3.63. The van der Waals surface area contributed by atoms with Crippen LogP contribution in [0.25, 0.3) is 0 Å². The van der Waals surface area contributed by atoms with Crippen molar-refractivity contribution in [1.29, 1.82) is 0 Å². The second-order valence-electron chi connectivity index (χ2n) is 4.32. The number of halogens is 1. The molecule has 1 aromatic heterocycles. The van der Waals surface area contributed by atoms with Crippen molar-refractivity contribution in [2.75, 3.05) is 11.9 Å². The number of carbonyl (C=O) groups excluding carboxylic acids is 1. The van der Waals surface area contributed by atoms with E-state index in [1.807, 2.05) is 16.8 Å². The minimum absolute atomic E-state index is 0.00736. The van der Waals surface area contributed by atoms with E-state index < -0.39 is 0 Å². The normalized spacial score (nSPS) is 9.81. The van der Waals surface area contributed by atoms with Crippen LogP contribution < -0.4 is 5.32 Å². The number of aliphatic hydroxyl groups is 1. The number of aliphatic hydroxyl groups excluding tert-OH is 1. The second-order valence-corrected chi connectivity index (χ2v) is 5.54. The van der Waals surface area contributed by atoms with E-state index >= 15 is 0 Å². The van der Waals surface area contributed by atoms with Gasteiger partial charge in [0.1, 0.15) is 0 Å². The van der Waals surface area contributed by atoms with E-state index in [0.717, 1.165) is 5.56 Å². The summed E-state index contributed by atoms with van der Waals surface area (Å²) in [5.41, 5.74) is 2.26. The third-order valence-electron chi connectivity index (χ3n) is 2.66. The lowest BCUT2D eigenvalue weighted by Crippen LogP contribution is -2.14. The molecule has 0 aliphatic carbocycles. The fourth-order valence-electron chi connectivity index (χ4n) is 1.72. The van der Waals surface area contributed by atoms with E-state index in [2.05, 4.69) is 17.2 Å². The van der Waals surface area contributed by atoms with Crippen molar-refractivity contribution in [2.45, 2.75) is 12.8 Å². The summed E-state index contributed by atoms with van der Waals surface area (Å²) in [7, 11) is 0. The lowest BCUT2D eigenvalue weighted by Gasteiger charge is -2.07. The van der Waals surface area contributed by atoms with Crippen LogP contribution in [0.15, 0.2) is 35.0 Å². The van der Waals surface area contributed by atoms with Gasteiger partial charge in [-0.3, -0.25) is 4.79 Å². The topological polar surface area (TPSA) is 49.3 Å². The Kier molecular flexibility index (Phi) is 5.82. The molecule has 5 heteroatoms. The van der Waals surface area contributed by atoms with Gasteiger partial charge < -0.3 is 10.4 Å². The van der Waals surface area contributed by atoms with Gasteiger partial charge in [-0.2, -0.15) is 11.3 Å². The Morgan fingerprint density at radius 3 is 2.95 bits per heavy atom. The van der Waals surface area contributed by atoms with Crippen LogP contribution in [0.3, 0.4) is 0 Å². The van der Waals surface area contributed by atoms with Crippen molar-refractivity contribution in [2.24, 2.45) is 0 Å². The van der Waals surface area contributed by atoms with Gasteiger partial charge in [0.25, 0.3) is 0 Å². The Bertz CT molecular complexity index is 671. The van der Waals surface area contributed by atoms with Gasteiger partial charge in [-0.1, -0.05) is 23.4 Å². The Labute approximate surface area is 132 Å². The molecule has 3 nitrogen and oxygen atoms in total. The molecule has 1 heterocycles. The summed E-state index contributed by atoms with van der Waals surface area (Å²) in [5.74, 6) is 5.65. The molecule has 0 bridgehead atoms. The van der Waals surface area contributed by atoms with Crippen LogP contribution in [-0.4, -0.2) is 17.6 Å². The molecule has 2 N–H and O–H groups in total. The third kappa shape index (κ3) is 4.91. The van der Waals surface area contributed by atoms with Crippen molar-refractivity contribution < 1.29 is 9.90 Å². The monoisotopic (exact) mass is 319 g/mol. The molecule has 21 heavy (non-hydrogen) atoms. The summed E-state index contributed by atoms with van der Waals surface area (Å²) in [4.78, 5) is 12.0. The van der Waals surface area contributed by atoms with E-state index in [4.69, 9.17) is 16.7 Å². The van der Waals surface area contributed by atoms with E-state index in [-0.39, 0.29) is 12.5 Å². The minimum atomic E-state index is -0.0964. The molecule has 108 valence electrons. The molecule has 1 amide bonds. The number of rotatable bonds is 4. The van der Waals surface area contributed by atoms with Crippen LogP contribution in [0.1, 0.15) is 17.5 Å². The molecule has 0 unspecified atom stereocenters. The number of carbonyl (C=O) groups is 1. The van der Waals surface area contributed by atoms with Gasteiger partial charge >= 0.3 is 0 Å². The molecule has 0 aliphatic heterocycles. The van der Waals surface area contributed by atoms with Crippen LogP contribution in [-0.2, 0) is 11.2 Å². The molecule has 0 spiro atoms. The van der Waals surface area contributed by atoms with Gasteiger partial charge in [0.15, 0.2) is 0 Å². The standard InChI is InChI=1S/C16H14ClNO2S/c17-14-4-5-15(13(10-14)3-1-2-7-19)18-16(20)9-12-6-8-21-11-12/h4-6,8,10-11,19H,2,7,9H2,(H,18,20). The molecule has 0 atom stereocenters. The van der Waals surface area contributed by atoms with Crippen molar-refractivity contribution in [3.05, 3.63) is 51.2 Å². The zero-order valence-electron chi connectivity index (χ0n) is 11.2. The number of thiophene rings is 1. The van der Waals surface area contributed by atoms with Crippen molar-refractivity contribution in [3.63, 3.8) is 0 Å². The number of benzene rings is 1. The van der Waals surface area contributed by atoms with Crippen molar-refractivity contribution in [1.82, 2.24) is 0 Å². The SMILES string of the molecule is O=C(Cc1ccsc1)Nc1ccc(Cl)cc1C#CCCO. The van der Waals surface area contributed by atoms with Crippen LogP contribution in [0, 0.1) is 11.8 Å².